The molecule has 0 radical (unpaired) electrons. The fourth-order valence-corrected chi connectivity index (χ4v) is 2.25. The Hall–Kier alpha value is -1.79. The Morgan fingerprint density at radius 2 is 1.94 bits per heavy atom. The molecule has 0 fully saturated rings. The Morgan fingerprint density at radius 3 is 2.56 bits per heavy atom. The lowest BCUT2D eigenvalue weighted by Gasteiger charge is -2.03. The van der Waals surface area contributed by atoms with Crippen LogP contribution in [0.3, 0.4) is 0 Å². The number of aliphatic hydroxyl groups excluding tert-OH is 1. The van der Waals surface area contributed by atoms with E-state index in [0.29, 0.717) is 10.9 Å². The van der Waals surface area contributed by atoms with Gasteiger partial charge in [0.15, 0.2) is 5.16 Å². The number of aromatic amines is 1. The van der Waals surface area contributed by atoms with Crippen molar-refractivity contribution in [3.8, 4) is 0 Å². The van der Waals surface area contributed by atoms with Crippen LogP contribution < -0.4 is 11.3 Å². The zero-order valence-corrected chi connectivity index (χ0v) is 10.4. The summed E-state index contributed by atoms with van der Waals surface area (Å²) in [7, 11) is 0. The zero-order valence-electron chi connectivity index (χ0n) is 9.59. The van der Waals surface area contributed by atoms with Gasteiger partial charge in [0.2, 0.25) is 0 Å². The number of nitrogen functional groups attached to an aromatic ring is 1. The first-order valence-electron chi connectivity index (χ1n) is 5.35. The Kier molecular flexibility index (Phi) is 4.01. The molecule has 0 saturated heterocycles. The molecule has 5 nitrogen and oxygen atoms in total. The van der Waals surface area contributed by atoms with Gasteiger partial charge in [-0.1, -0.05) is 36.0 Å². The van der Waals surface area contributed by atoms with Crippen LogP contribution in [0.5, 0.6) is 0 Å². The SMILES string of the molecule is Nc1cc(=O)[nH]c(SCc2ccc(CO)cc2)n1. The average molecular weight is 263 g/mol. The van der Waals surface area contributed by atoms with Gasteiger partial charge in [0.1, 0.15) is 5.82 Å². The summed E-state index contributed by atoms with van der Waals surface area (Å²) in [5, 5.41) is 9.43. The molecule has 0 spiro atoms. The van der Waals surface area contributed by atoms with Gasteiger partial charge >= 0.3 is 0 Å². The lowest BCUT2D eigenvalue weighted by molar-refractivity contribution is 0.282. The van der Waals surface area contributed by atoms with Crippen LogP contribution in [-0.4, -0.2) is 15.1 Å². The van der Waals surface area contributed by atoms with E-state index < -0.39 is 0 Å². The van der Waals surface area contributed by atoms with E-state index in [1.165, 1.54) is 17.8 Å². The highest BCUT2D eigenvalue weighted by Gasteiger charge is 2.01. The maximum atomic E-state index is 11.2. The van der Waals surface area contributed by atoms with Crippen molar-refractivity contribution in [3.05, 3.63) is 51.8 Å². The second-order valence-electron chi connectivity index (χ2n) is 3.74. The molecule has 0 aliphatic rings. The van der Waals surface area contributed by atoms with Gasteiger partial charge in [-0.2, -0.15) is 0 Å². The van der Waals surface area contributed by atoms with E-state index >= 15 is 0 Å². The van der Waals surface area contributed by atoms with Gasteiger partial charge in [0.05, 0.1) is 6.61 Å². The van der Waals surface area contributed by atoms with Gasteiger partial charge in [-0.25, -0.2) is 4.98 Å². The molecule has 0 aliphatic carbocycles. The molecular weight excluding hydrogens is 250 g/mol. The normalized spacial score (nSPS) is 10.5. The van der Waals surface area contributed by atoms with E-state index in [1.807, 2.05) is 24.3 Å². The van der Waals surface area contributed by atoms with E-state index in [4.69, 9.17) is 10.8 Å². The molecule has 2 rings (SSSR count). The van der Waals surface area contributed by atoms with Gasteiger partial charge in [-0.3, -0.25) is 4.79 Å². The van der Waals surface area contributed by atoms with Crippen LogP contribution in [0.25, 0.3) is 0 Å². The standard InChI is InChI=1S/C12H13N3O2S/c13-10-5-11(17)15-12(14-10)18-7-9-3-1-8(6-16)2-4-9/h1-5,16H,6-7H2,(H3,13,14,15,17). The van der Waals surface area contributed by atoms with Crippen molar-refractivity contribution in [2.75, 3.05) is 5.73 Å². The van der Waals surface area contributed by atoms with Gasteiger partial charge in [-0.05, 0) is 11.1 Å². The monoisotopic (exact) mass is 263 g/mol. The molecule has 1 heterocycles. The molecule has 1 aromatic carbocycles. The number of nitrogens with two attached hydrogens (primary N) is 1. The molecule has 0 amide bonds. The highest BCUT2D eigenvalue weighted by molar-refractivity contribution is 7.98. The smallest absolute Gasteiger partial charge is 0.253 e. The predicted octanol–water partition coefficient (Wildman–Crippen LogP) is 1.14. The van der Waals surface area contributed by atoms with Gasteiger partial charge < -0.3 is 15.8 Å². The van der Waals surface area contributed by atoms with E-state index in [2.05, 4.69) is 9.97 Å². The van der Waals surface area contributed by atoms with Crippen LogP contribution in [0.1, 0.15) is 11.1 Å². The number of aliphatic hydroxyl groups is 1. The van der Waals surface area contributed by atoms with E-state index in [-0.39, 0.29) is 18.0 Å². The summed E-state index contributed by atoms with van der Waals surface area (Å²) in [6.45, 7) is 0.0392. The number of H-pyrrole nitrogens is 1. The molecule has 6 heteroatoms. The number of hydrogen-bond acceptors (Lipinski definition) is 5. The van der Waals surface area contributed by atoms with Gasteiger partial charge in [-0.15, -0.1) is 0 Å². The second-order valence-corrected chi connectivity index (χ2v) is 4.70. The van der Waals surface area contributed by atoms with Gasteiger partial charge in [0.25, 0.3) is 5.56 Å². The molecule has 94 valence electrons. The van der Waals surface area contributed by atoms with Crippen molar-refractivity contribution in [1.82, 2.24) is 9.97 Å². The topological polar surface area (TPSA) is 92.0 Å². The molecule has 0 atom stereocenters. The van der Waals surface area contributed by atoms with Gasteiger partial charge in [0, 0.05) is 11.8 Å². The van der Waals surface area contributed by atoms with E-state index in [0.717, 1.165) is 11.1 Å². The molecule has 1 aromatic heterocycles. The maximum absolute atomic E-state index is 11.2. The van der Waals surface area contributed by atoms with Crippen molar-refractivity contribution in [2.24, 2.45) is 0 Å². The third-order valence-electron chi connectivity index (χ3n) is 2.32. The number of hydrogen-bond donors (Lipinski definition) is 3. The lowest BCUT2D eigenvalue weighted by atomic mass is 10.2. The van der Waals surface area contributed by atoms with Crippen LogP contribution in [0.4, 0.5) is 5.82 Å². The number of benzene rings is 1. The Balaban J connectivity index is 2.04. The van der Waals surface area contributed by atoms with E-state index in [9.17, 15) is 4.79 Å². The molecule has 0 bridgehead atoms. The first-order valence-corrected chi connectivity index (χ1v) is 6.34. The second kappa shape index (κ2) is 5.70. The fourth-order valence-electron chi connectivity index (χ4n) is 1.41. The summed E-state index contributed by atoms with van der Waals surface area (Å²) in [5.41, 5.74) is 7.20. The number of thioether (sulfide) groups is 1. The fraction of sp³-hybridized carbons (Fsp3) is 0.167. The molecule has 0 aliphatic heterocycles. The van der Waals surface area contributed by atoms with Crippen LogP contribution in [0, 0.1) is 0 Å². The first-order chi connectivity index (χ1) is 8.67. The highest BCUT2D eigenvalue weighted by atomic mass is 32.2. The van der Waals surface area contributed by atoms with Crippen molar-refractivity contribution >= 4 is 17.6 Å². The van der Waals surface area contributed by atoms with Crippen molar-refractivity contribution in [3.63, 3.8) is 0 Å². The number of anilines is 1. The third-order valence-corrected chi connectivity index (χ3v) is 3.27. The minimum absolute atomic E-state index is 0.0392. The highest BCUT2D eigenvalue weighted by Crippen LogP contribution is 2.19. The lowest BCUT2D eigenvalue weighted by Crippen LogP contribution is -2.09. The molecular formula is C12H13N3O2S. The molecule has 18 heavy (non-hydrogen) atoms. The van der Waals surface area contributed by atoms with Crippen LogP contribution >= 0.6 is 11.8 Å². The van der Waals surface area contributed by atoms with Crippen molar-refractivity contribution in [2.45, 2.75) is 17.5 Å². The summed E-state index contributed by atoms with van der Waals surface area (Å²) in [4.78, 5) is 17.8. The predicted molar refractivity (Wildman–Crippen MR) is 71.2 cm³/mol. The zero-order chi connectivity index (χ0) is 13.0. The van der Waals surface area contributed by atoms with Crippen LogP contribution in [0.15, 0.2) is 40.3 Å². The molecule has 4 N–H and O–H groups in total. The summed E-state index contributed by atoms with van der Waals surface area (Å²) >= 11 is 1.41. The molecule has 0 unspecified atom stereocenters. The number of rotatable bonds is 4. The number of aromatic nitrogens is 2. The largest absolute Gasteiger partial charge is 0.392 e. The van der Waals surface area contributed by atoms with E-state index in [1.54, 1.807) is 0 Å². The number of nitrogens with one attached hydrogen (secondary N) is 1. The summed E-state index contributed by atoms with van der Waals surface area (Å²) < 4.78 is 0. The van der Waals surface area contributed by atoms with Crippen LogP contribution in [0.2, 0.25) is 0 Å². The Morgan fingerprint density at radius 1 is 1.28 bits per heavy atom. The summed E-state index contributed by atoms with van der Waals surface area (Å²) in [6.07, 6.45) is 0. The quantitative estimate of drug-likeness (QED) is 0.568. The van der Waals surface area contributed by atoms with Crippen molar-refractivity contribution in [1.29, 1.82) is 0 Å². The average Bonchev–Trinajstić information content (AvgIpc) is 2.36. The summed E-state index contributed by atoms with van der Waals surface area (Å²) in [5.74, 6) is 0.898. The minimum Gasteiger partial charge on any atom is -0.392 e. The minimum atomic E-state index is -0.249. The molecule has 2 aromatic rings. The Labute approximate surface area is 108 Å². The first kappa shape index (κ1) is 12.7. The Bertz CT molecular complexity index is 581. The maximum Gasteiger partial charge on any atom is 0.253 e. The third kappa shape index (κ3) is 3.35. The molecule has 0 saturated carbocycles. The summed E-state index contributed by atoms with van der Waals surface area (Å²) in [6, 6.07) is 8.85. The number of nitrogens with zero attached hydrogens (tertiary/aromatic N) is 1. The van der Waals surface area contributed by atoms with Crippen LogP contribution in [-0.2, 0) is 12.4 Å². The van der Waals surface area contributed by atoms with Crippen molar-refractivity contribution < 1.29 is 5.11 Å².